The second kappa shape index (κ2) is 4.07. The lowest BCUT2D eigenvalue weighted by molar-refractivity contribution is 0.0368. The Morgan fingerprint density at radius 1 is 1.38 bits per heavy atom. The molecular formula is C13H19NO2. The van der Waals surface area contributed by atoms with Crippen LogP contribution in [0.3, 0.4) is 0 Å². The number of hydrogen-bond acceptors (Lipinski definition) is 3. The molecule has 0 saturated heterocycles. The summed E-state index contributed by atoms with van der Waals surface area (Å²) in [7, 11) is 0. The van der Waals surface area contributed by atoms with Gasteiger partial charge in [0.15, 0.2) is 0 Å². The molecule has 0 spiro atoms. The Morgan fingerprint density at radius 3 is 2.75 bits per heavy atom. The predicted molar refractivity (Wildman–Crippen MR) is 63.6 cm³/mol. The normalized spacial score (nSPS) is 24.5. The molecule has 88 valence electrons. The van der Waals surface area contributed by atoms with Crippen LogP contribution in [0.5, 0.6) is 5.75 Å². The van der Waals surface area contributed by atoms with Crippen molar-refractivity contribution in [3.63, 3.8) is 0 Å². The van der Waals surface area contributed by atoms with Crippen LogP contribution in [0.4, 0.5) is 0 Å². The lowest BCUT2D eigenvalue weighted by Gasteiger charge is -2.28. The van der Waals surface area contributed by atoms with Crippen LogP contribution in [0.2, 0.25) is 0 Å². The van der Waals surface area contributed by atoms with Crippen molar-refractivity contribution in [3.8, 4) is 5.75 Å². The fraction of sp³-hybridized carbons (Fsp3) is 0.538. The van der Waals surface area contributed by atoms with Crippen LogP contribution < -0.4 is 10.5 Å². The third kappa shape index (κ3) is 1.70. The minimum absolute atomic E-state index is 0.244. The smallest absolute Gasteiger partial charge is 0.128 e. The van der Waals surface area contributed by atoms with Gasteiger partial charge in [0, 0.05) is 12.1 Å². The van der Waals surface area contributed by atoms with Gasteiger partial charge in [0.25, 0.3) is 0 Å². The monoisotopic (exact) mass is 221 g/mol. The molecule has 0 fully saturated rings. The zero-order chi connectivity index (χ0) is 11.8. The topological polar surface area (TPSA) is 55.5 Å². The molecule has 0 saturated carbocycles. The highest BCUT2D eigenvalue weighted by molar-refractivity contribution is 5.49. The van der Waals surface area contributed by atoms with Crippen molar-refractivity contribution in [1.29, 1.82) is 0 Å². The van der Waals surface area contributed by atoms with Gasteiger partial charge in [0.2, 0.25) is 0 Å². The molecule has 0 amide bonds. The molecule has 1 aliphatic rings. The number of aliphatic hydroxyl groups is 1. The summed E-state index contributed by atoms with van der Waals surface area (Å²) in [5.41, 5.74) is 7.80. The standard InChI is InChI=1S/C13H19NO2/c1-9-4-5-10(2)12-11(9)13(15,8-14)6-3-7-16-12/h4-5,15H,3,6-8,14H2,1-2H3. The van der Waals surface area contributed by atoms with E-state index in [-0.39, 0.29) is 6.54 Å². The van der Waals surface area contributed by atoms with Crippen molar-refractivity contribution >= 4 is 0 Å². The summed E-state index contributed by atoms with van der Waals surface area (Å²) >= 11 is 0. The Kier molecular flexibility index (Phi) is 2.91. The molecule has 0 aliphatic carbocycles. The van der Waals surface area contributed by atoms with Crippen LogP contribution in [-0.4, -0.2) is 18.3 Å². The summed E-state index contributed by atoms with van der Waals surface area (Å²) in [6, 6.07) is 4.04. The first-order valence-corrected chi connectivity index (χ1v) is 5.74. The highest BCUT2D eigenvalue weighted by Crippen LogP contribution is 2.39. The van der Waals surface area contributed by atoms with Gasteiger partial charge in [0.05, 0.1) is 6.61 Å². The number of benzene rings is 1. The maximum atomic E-state index is 10.6. The molecule has 2 rings (SSSR count). The van der Waals surface area contributed by atoms with E-state index in [4.69, 9.17) is 10.5 Å². The highest BCUT2D eigenvalue weighted by atomic mass is 16.5. The number of fused-ring (bicyclic) bond motifs is 1. The Bertz CT molecular complexity index is 403. The van der Waals surface area contributed by atoms with Gasteiger partial charge in [0.1, 0.15) is 11.4 Å². The fourth-order valence-corrected chi connectivity index (χ4v) is 2.42. The van der Waals surface area contributed by atoms with Crippen molar-refractivity contribution in [1.82, 2.24) is 0 Å². The van der Waals surface area contributed by atoms with Crippen LogP contribution in [0.15, 0.2) is 12.1 Å². The molecule has 3 N–H and O–H groups in total. The number of nitrogens with two attached hydrogens (primary N) is 1. The summed E-state index contributed by atoms with van der Waals surface area (Å²) in [4.78, 5) is 0. The Labute approximate surface area is 96.2 Å². The minimum Gasteiger partial charge on any atom is -0.493 e. The third-order valence-corrected chi connectivity index (χ3v) is 3.35. The Morgan fingerprint density at radius 2 is 2.06 bits per heavy atom. The van der Waals surface area contributed by atoms with Crippen LogP contribution in [0.1, 0.15) is 29.5 Å². The van der Waals surface area contributed by atoms with Gasteiger partial charge in [-0.2, -0.15) is 0 Å². The van der Waals surface area contributed by atoms with E-state index in [1.807, 2.05) is 26.0 Å². The summed E-state index contributed by atoms with van der Waals surface area (Å²) in [6.45, 7) is 4.89. The van der Waals surface area contributed by atoms with Crippen LogP contribution in [0, 0.1) is 13.8 Å². The first kappa shape index (κ1) is 11.4. The highest BCUT2D eigenvalue weighted by Gasteiger charge is 2.34. The van der Waals surface area contributed by atoms with Gasteiger partial charge in [-0.3, -0.25) is 0 Å². The molecule has 1 aromatic carbocycles. The van der Waals surface area contributed by atoms with Crippen LogP contribution in [-0.2, 0) is 5.60 Å². The van der Waals surface area contributed by atoms with E-state index < -0.39 is 5.60 Å². The quantitative estimate of drug-likeness (QED) is 0.757. The van der Waals surface area contributed by atoms with Crippen molar-refractivity contribution < 1.29 is 9.84 Å². The number of aryl methyl sites for hydroxylation is 2. The van der Waals surface area contributed by atoms with Gasteiger partial charge in [-0.15, -0.1) is 0 Å². The lowest BCUT2D eigenvalue weighted by Crippen LogP contribution is -2.35. The van der Waals surface area contributed by atoms with Crippen molar-refractivity contribution in [3.05, 3.63) is 28.8 Å². The van der Waals surface area contributed by atoms with E-state index in [0.29, 0.717) is 13.0 Å². The second-order valence-electron chi connectivity index (χ2n) is 4.59. The van der Waals surface area contributed by atoms with Crippen molar-refractivity contribution in [2.24, 2.45) is 5.73 Å². The predicted octanol–water partition coefficient (Wildman–Crippen LogP) is 1.62. The van der Waals surface area contributed by atoms with E-state index >= 15 is 0 Å². The average molecular weight is 221 g/mol. The van der Waals surface area contributed by atoms with Crippen LogP contribution >= 0.6 is 0 Å². The number of rotatable bonds is 1. The molecule has 1 aromatic rings. The minimum atomic E-state index is -0.929. The van der Waals surface area contributed by atoms with Crippen LogP contribution in [0.25, 0.3) is 0 Å². The molecule has 0 radical (unpaired) electrons. The van der Waals surface area contributed by atoms with Gasteiger partial charge in [-0.1, -0.05) is 12.1 Å². The van der Waals surface area contributed by atoms with E-state index in [1.165, 1.54) is 0 Å². The largest absolute Gasteiger partial charge is 0.493 e. The molecule has 1 aliphatic heterocycles. The maximum absolute atomic E-state index is 10.6. The molecule has 3 nitrogen and oxygen atoms in total. The van der Waals surface area contributed by atoms with Gasteiger partial charge >= 0.3 is 0 Å². The van der Waals surface area contributed by atoms with Gasteiger partial charge in [-0.25, -0.2) is 0 Å². The molecule has 3 heteroatoms. The SMILES string of the molecule is Cc1ccc(C)c2c1OCCCC2(O)CN. The second-order valence-corrected chi connectivity index (χ2v) is 4.59. The summed E-state index contributed by atoms with van der Waals surface area (Å²) in [5.74, 6) is 0.824. The first-order chi connectivity index (χ1) is 7.58. The van der Waals surface area contributed by atoms with E-state index in [2.05, 4.69) is 0 Å². The van der Waals surface area contributed by atoms with Gasteiger partial charge < -0.3 is 15.6 Å². The first-order valence-electron chi connectivity index (χ1n) is 5.74. The fourth-order valence-electron chi connectivity index (χ4n) is 2.42. The zero-order valence-electron chi connectivity index (χ0n) is 9.92. The molecule has 1 heterocycles. The van der Waals surface area contributed by atoms with Crippen molar-refractivity contribution in [2.45, 2.75) is 32.3 Å². The Balaban J connectivity index is 2.65. The molecule has 0 aromatic heterocycles. The molecule has 0 bridgehead atoms. The zero-order valence-corrected chi connectivity index (χ0v) is 9.92. The lowest BCUT2D eigenvalue weighted by atomic mass is 9.85. The summed E-state index contributed by atoms with van der Waals surface area (Å²) < 4.78 is 5.74. The van der Waals surface area contributed by atoms with Crippen molar-refractivity contribution in [2.75, 3.05) is 13.2 Å². The number of hydrogen-bond donors (Lipinski definition) is 2. The average Bonchev–Trinajstić information content (AvgIpc) is 2.45. The maximum Gasteiger partial charge on any atom is 0.128 e. The molecule has 1 unspecified atom stereocenters. The Hall–Kier alpha value is -1.06. The number of ether oxygens (including phenoxy) is 1. The van der Waals surface area contributed by atoms with E-state index in [1.54, 1.807) is 0 Å². The van der Waals surface area contributed by atoms with Gasteiger partial charge in [-0.05, 0) is 37.8 Å². The molecular weight excluding hydrogens is 202 g/mol. The summed E-state index contributed by atoms with van der Waals surface area (Å²) in [6.07, 6.45) is 1.50. The summed E-state index contributed by atoms with van der Waals surface area (Å²) in [5, 5.41) is 10.6. The molecule has 16 heavy (non-hydrogen) atoms. The third-order valence-electron chi connectivity index (χ3n) is 3.35. The molecule has 1 atom stereocenters. The van der Waals surface area contributed by atoms with E-state index in [0.717, 1.165) is 28.9 Å². The van der Waals surface area contributed by atoms with E-state index in [9.17, 15) is 5.11 Å².